The van der Waals surface area contributed by atoms with Gasteiger partial charge in [0.2, 0.25) is 0 Å². The van der Waals surface area contributed by atoms with Crippen molar-refractivity contribution in [2.45, 2.75) is 39.2 Å². The van der Waals surface area contributed by atoms with Crippen LogP contribution in [0.4, 0.5) is 26.1 Å². The lowest BCUT2D eigenvalue weighted by atomic mass is 10.1. The highest BCUT2D eigenvalue weighted by molar-refractivity contribution is 6.33. The number of nitrogens with zero attached hydrogens (tertiary/aromatic N) is 6. The van der Waals surface area contributed by atoms with E-state index < -0.39 is 5.67 Å². The molecular formula is C21H21ClF2N6O. The third kappa shape index (κ3) is 3.73. The van der Waals surface area contributed by atoms with Crippen molar-refractivity contribution in [2.24, 2.45) is 0 Å². The van der Waals surface area contributed by atoms with E-state index >= 15 is 0 Å². The van der Waals surface area contributed by atoms with Crippen LogP contribution in [0.3, 0.4) is 0 Å². The molecule has 3 aromatic rings. The molecule has 31 heavy (non-hydrogen) atoms. The molecule has 0 bridgehead atoms. The first-order valence-electron chi connectivity index (χ1n) is 9.83. The maximum atomic E-state index is 13.9. The fraction of sp³-hybridized carbons (Fsp3) is 0.333. The van der Waals surface area contributed by atoms with Crippen LogP contribution in [0.5, 0.6) is 0 Å². The first-order valence-corrected chi connectivity index (χ1v) is 10.2. The van der Waals surface area contributed by atoms with E-state index in [0.29, 0.717) is 28.8 Å². The molecule has 4 heterocycles. The van der Waals surface area contributed by atoms with Gasteiger partial charge in [-0.15, -0.1) is 0 Å². The SMILES string of the molecule is CON(F)N1c2cc(Cl)c(-c3ccc(N4Cc5cn(CC(C)(C)F)nc5C4)cc3)nc21. The second-order valence-corrected chi connectivity index (χ2v) is 8.71. The van der Waals surface area contributed by atoms with Crippen molar-refractivity contribution in [3.8, 4) is 11.3 Å². The van der Waals surface area contributed by atoms with Gasteiger partial charge in [0.1, 0.15) is 11.4 Å². The zero-order chi connectivity index (χ0) is 21.9. The van der Waals surface area contributed by atoms with Gasteiger partial charge in [0.25, 0.3) is 0 Å². The van der Waals surface area contributed by atoms with Gasteiger partial charge in [-0.05, 0) is 32.0 Å². The predicted molar refractivity (Wildman–Crippen MR) is 114 cm³/mol. The zero-order valence-electron chi connectivity index (χ0n) is 17.3. The normalized spacial score (nSPS) is 14.9. The monoisotopic (exact) mass is 446 g/mol. The van der Waals surface area contributed by atoms with E-state index in [1.165, 1.54) is 12.1 Å². The predicted octanol–water partition coefficient (Wildman–Crippen LogP) is 4.98. The van der Waals surface area contributed by atoms with Crippen LogP contribution in [0.2, 0.25) is 5.02 Å². The van der Waals surface area contributed by atoms with Crippen molar-refractivity contribution in [2.75, 3.05) is 17.0 Å². The van der Waals surface area contributed by atoms with Gasteiger partial charge in [-0.25, -0.2) is 9.37 Å². The van der Waals surface area contributed by atoms with Crippen molar-refractivity contribution in [1.82, 2.24) is 20.2 Å². The lowest BCUT2D eigenvalue weighted by Crippen LogP contribution is -2.22. The van der Waals surface area contributed by atoms with Crippen LogP contribution >= 0.6 is 11.6 Å². The molecule has 0 saturated carbocycles. The number of anilines is 3. The number of fused-ring (bicyclic) bond motifs is 2. The second kappa shape index (κ2) is 7.15. The Hall–Kier alpha value is -2.75. The summed E-state index contributed by atoms with van der Waals surface area (Å²) in [5.41, 5.74) is 3.80. The van der Waals surface area contributed by atoms with E-state index in [1.54, 1.807) is 24.6 Å². The molecule has 0 spiro atoms. The average molecular weight is 447 g/mol. The Balaban J connectivity index is 1.30. The van der Waals surface area contributed by atoms with Crippen molar-refractivity contribution in [1.29, 1.82) is 0 Å². The number of rotatable bonds is 6. The standard InChI is InChI=1S/C21H21ClF2N6O/c1-21(2,23)12-28-10-14-9-27(11-17(14)26-28)15-6-4-13(5-7-15)19-16(22)8-18-20(25-19)29(18)30(24)31-3/h4-8,10H,9,11-12H2,1-3H3. The summed E-state index contributed by atoms with van der Waals surface area (Å²) >= 11 is 6.37. The van der Waals surface area contributed by atoms with E-state index in [2.05, 4.69) is 19.8 Å². The number of halogens is 3. The summed E-state index contributed by atoms with van der Waals surface area (Å²) in [5, 5.41) is 6.26. The molecule has 2 aliphatic heterocycles. The van der Waals surface area contributed by atoms with Gasteiger partial charge in [-0.1, -0.05) is 28.2 Å². The van der Waals surface area contributed by atoms with Crippen LogP contribution < -0.4 is 9.91 Å². The lowest BCUT2D eigenvalue weighted by molar-refractivity contribution is -0.257. The summed E-state index contributed by atoms with van der Waals surface area (Å²) in [4.78, 5) is 11.2. The molecule has 162 valence electrons. The molecule has 0 aliphatic carbocycles. The summed E-state index contributed by atoms with van der Waals surface area (Å²) in [6.07, 6.45) is 1.92. The van der Waals surface area contributed by atoms with Crippen LogP contribution in [-0.2, 0) is 24.5 Å². The quantitative estimate of drug-likeness (QED) is 0.302. The van der Waals surface area contributed by atoms with Gasteiger partial charge in [0.15, 0.2) is 5.82 Å². The van der Waals surface area contributed by atoms with Gasteiger partial charge in [-0.3, -0.25) is 9.52 Å². The molecule has 2 aliphatic rings. The smallest absolute Gasteiger partial charge is 0.178 e. The van der Waals surface area contributed by atoms with Gasteiger partial charge in [0, 0.05) is 29.6 Å². The minimum atomic E-state index is -1.30. The minimum absolute atomic E-state index is 0.109. The Bertz CT molecular complexity index is 1120. The molecule has 0 N–H and O–H groups in total. The van der Waals surface area contributed by atoms with Crippen molar-refractivity contribution in [3.63, 3.8) is 0 Å². The third-order valence-electron chi connectivity index (χ3n) is 5.29. The fourth-order valence-electron chi connectivity index (χ4n) is 3.87. The number of benzene rings is 1. The Morgan fingerprint density at radius 1 is 1.23 bits per heavy atom. The topological polar surface area (TPSA) is 49.4 Å². The Labute approximate surface area is 183 Å². The first kappa shape index (κ1) is 20.2. The molecule has 1 aromatic carbocycles. The van der Waals surface area contributed by atoms with Gasteiger partial charge in [0.05, 0.1) is 42.0 Å². The van der Waals surface area contributed by atoms with Crippen molar-refractivity contribution in [3.05, 3.63) is 52.8 Å². The highest BCUT2D eigenvalue weighted by Crippen LogP contribution is 2.50. The van der Waals surface area contributed by atoms with Crippen LogP contribution in [-0.4, -0.2) is 32.9 Å². The Morgan fingerprint density at radius 3 is 2.61 bits per heavy atom. The number of hydrogen-bond donors (Lipinski definition) is 0. The molecule has 10 heteroatoms. The molecule has 2 aromatic heterocycles. The lowest BCUT2D eigenvalue weighted by Gasteiger charge is -2.19. The fourth-order valence-corrected chi connectivity index (χ4v) is 4.12. The molecule has 0 atom stereocenters. The van der Waals surface area contributed by atoms with Gasteiger partial charge in [-0.2, -0.15) is 10.1 Å². The van der Waals surface area contributed by atoms with E-state index in [1.807, 2.05) is 30.5 Å². The molecular weight excluding hydrogens is 426 g/mol. The Kier molecular flexibility index (Phi) is 4.65. The van der Waals surface area contributed by atoms with Gasteiger partial charge < -0.3 is 4.90 Å². The second-order valence-electron chi connectivity index (χ2n) is 8.30. The van der Waals surface area contributed by atoms with E-state index in [4.69, 9.17) is 11.6 Å². The molecule has 5 rings (SSSR count). The molecule has 0 radical (unpaired) electrons. The van der Waals surface area contributed by atoms with E-state index in [9.17, 15) is 8.87 Å². The Morgan fingerprint density at radius 2 is 1.97 bits per heavy atom. The highest BCUT2D eigenvalue weighted by Gasteiger charge is 2.39. The van der Waals surface area contributed by atoms with E-state index in [-0.39, 0.29) is 11.9 Å². The third-order valence-corrected chi connectivity index (χ3v) is 5.58. The molecule has 0 unspecified atom stereocenters. The summed E-state index contributed by atoms with van der Waals surface area (Å²) < 4.78 is 29.2. The number of aromatic nitrogens is 3. The zero-order valence-corrected chi connectivity index (χ0v) is 18.1. The minimum Gasteiger partial charge on any atom is -0.361 e. The summed E-state index contributed by atoms with van der Waals surface area (Å²) in [6.45, 7) is 4.73. The summed E-state index contributed by atoms with van der Waals surface area (Å²) in [6, 6.07) is 9.54. The van der Waals surface area contributed by atoms with E-state index in [0.717, 1.165) is 29.1 Å². The molecule has 7 nitrogen and oxygen atoms in total. The molecule has 0 saturated heterocycles. The number of alkyl halides is 1. The molecule has 0 amide bonds. The largest absolute Gasteiger partial charge is 0.361 e. The highest BCUT2D eigenvalue weighted by atomic mass is 35.5. The summed E-state index contributed by atoms with van der Waals surface area (Å²) in [7, 11) is 1.23. The van der Waals surface area contributed by atoms with Crippen molar-refractivity contribution >= 4 is 28.8 Å². The van der Waals surface area contributed by atoms with Crippen LogP contribution in [0, 0.1) is 0 Å². The van der Waals surface area contributed by atoms with Crippen molar-refractivity contribution < 1.29 is 13.7 Å². The number of pyridine rings is 1. The van der Waals surface area contributed by atoms with Crippen LogP contribution in [0.25, 0.3) is 11.3 Å². The summed E-state index contributed by atoms with van der Waals surface area (Å²) in [5.74, 6) is 0.464. The number of hydrazine groups is 1. The maximum absolute atomic E-state index is 13.9. The number of hydrogen-bond acceptors (Lipinski definition) is 6. The van der Waals surface area contributed by atoms with Gasteiger partial charge >= 0.3 is 0 Å². The molecule has 0 fully saturated rings. The first-order chi connectivity index (χ1) is 14.7. The average Bonchev–Trinajstić information content (AvgIpc) is 3.06. The van der Waals surface area contributed by atoms with Crippen LogP contribution in [0.1, 0.15) is 25.1 Å². The van der Waals surface area contributed by atoms with Crippen LogP contribution in [0.15, 0.2) is 36.5 Å². The maximum Gasteiger partial charge on any atom is 0.178 e.